The quantitative estimate of drug-likeness (QED) is 0.877. The molecule has 1 saturated carbocycles. The maximum atomic E-state index is 13.1. The first kappa shape index (κ1) is 15.3. The van der Waals surface area contributed by atoms with E-state index in [1.165, 1.54) is 12.8 Å². The first-order valence-corrected chi connectivity index (χ1v) is 9.45. The maximum absolute atomic E-state index is 13.1. The van der Waals surface area contributed by atoms with Gasteiger partial charge in [0.2, 0.25) is 5.91 Å². The zero-order chi connectivity index (χ0) is 16.8. The number of hydrogen-bond donors (Lipinski definition) is 2. The summed E-state index contributed by atoms with van der Waals surface area (Å²) in [6.45, 7) is 1.55. The van der Waals surface area contributed by atoms with Crippen LogP contribution in [-0.2, 0) is 4.79 Å². The lowest BCUT2D eigenvalue weighted by atomic mass is 9.93. The maximum Gasteiger partial charge on any atom is 0.241 e. The van der Waals surface area contributed by atoms with Gasteiger partial charge < -0.3 is 9.32 Å². The molecule has 1 amide bonds. The van der Waals surface area contributed by atoms with Crippen LogP contribution in [0, 0.1) is 5.92 Å². The van der Waals surface area contributed by atoms with Crippen molar-refractivity contribution in [2.75, 3.05) is 13.1 Å². The first-order chi connectivity index (χ1) is 12.3. The lowest BCUT2D eigenvalue weighted by molar-refractivity contribution is -0.135. The van der Waals surface area contributed by atoms with Crippen LogP contribution in [0.25, 0.3) is 11.1 Å². The van der Waals surface area contributed by atoms with Crippen LogP contribution in [0.3, 0.4) is 0 Å². The van der Waals surface area contributed by atoms with Crippen LogP contribution in [0.1, 0.15) is 43.9 Å². The smallest absolute Gasteiger partial charge is 0.241 e. The Labute approximate surface area is 146 Å². The number of para-hydroxylation sites is 2. The van der Waals surface area contributed by atoms with Crippen molar-refractivity contribution in [3.63, 3.8) is 0 Å². The standard InChI is InChI=1S/C19H24N4O2/c24-19(17-13-6-3-8-14(13)21-22-17)23-10-4-5-12(11-23)18-20-15-7-1-2-9-16(15)25-18/h1-2,7,9,12-14,17,21-22H,3-6,8,10-11H2. The molecule has 3 aliphatic rings. The molecule has 2 saturated heterocycles. The molecular weight excluding hydrogens is 316 g/mol. The van der Waals surface area contributed by atoms with E-state index in [-0.39, 0.29) is 17.9 Å². The Morgan fingerprint density at radius 1 is 1.16 bits per heavy atom. The van der Waals surface area contributed by atoms with E-state index in [9.17, 15) is 4.79 Å². The van der Waals surface area contributed by atoms with Gasteiger partial charge in [0.15, 0.2) is 11.5 Å². The Hall–Kier alpha value is -1.92. The van der Waals surface area contributed by atoms with Crippen molar-refractivity contribution in [2.45, 2.75) is 50.1 Å². The van der Waals surface area contributed by atoms with E-state index in [0.29, 0.717) is 18.5 Å². The summed E-state index contributed by atoms with van der Waals surface area (Å²) in [5.41, 5.74) is 8.30. The van der Waals surface area contributed by atoms with E-state index in [4.69, 9.17) is 4.42 Å². The molecule has 25 heavy (non-hydrogen) atoms. The number of nitrogens with one attached hydrogen (secondary N) is 2. The van der Waals surface area contributed by atoms with Gasteiger partial charge in [0.05, 0.1) is 5.92 Å². The third kappa shape index (κ3) is 2.64. The molecule has 1 aromatic heterocycles. The molecule has 3 fully saturated rings. The van der Waals surface area contributed by atoms with Crippen molar-refractivity contribution in [3.8, 4) is 0 Å². The van der Waals surface area contributed by atoms with Gasteiger partial charge in [-0.1, -0.05) is 18.6 Å². The third-order valence-corrected chi connectivity index (χ3v) is 6.08. The summed E-state index contributed by atoms with van der Waals surface area (Å²) in [6, 6.07) is 8.25. The molecule has 6 nitrogen and oxygen atoms in total. The van der Waals surface area contributed by atoms with Crippen molar-refractivity contribution in [1.82, 2.24) is 20.7 Å². The van der Waals surface area contributed by atoms with Crippen LogP contribution in [0.5, 0.6) is 0 Å². The molecule has 1 aliphatic carbocycles. The zero-order valence-electron chi connectivity index (χ0n) is 14.3. The summed E-state index contributed by atoms with van der Waals surface area (Å²) in [5.74, 6) is 1.65. The van der Waals surface area contributed by atoms with Crippen molar-refractivity contribution in [2.24, 2.45) is 5.92 Å². The number of piperidine rings is 1. The van der Waals surface area contributed by atoms with Gasteiger partial charge in [0.25, 0.3) is 0 Å². The summed E-state index contributed by atoms with van der Waals surface area (Å²) >= 11 is 0. The Morgan fingerprint density at radius 3 is 3.00 bits per heavy atom. The van der Waals surface area contributed by atoms with E-state index in [0.717, 1.165) is 42.8 Å². The molecule has 4 atom stereocenters. The number of likely N-dealkylation sites (tertiary alicyclic amines) is 1. The topological polar surface area (TPSA) is 70.4 Å². The second-order valence-corrected chi connectivity index (χ2v) is 7.61. The molecule has 0 radical (unpaired) electrons. The number of carbonyl (C=O) groups excluding carboxylic acids is 1. The van der Waals surface area contributed by atoms with Crippen molar-refractivity contribution in [3.05, 3.63) is 30.2 Å². The molecule has 132 valence electrons. The molecule has 0 bridgehead atoms. The van der Waals surface area contributed by atoms with E-state index in [1.54, 1.807) is 0 Å². The fourth-order valence-corrected chi connectivity index (χ4v) is 4.76. The number of hydrogen-bond acceptors (Lipinski definition) is 5. The Balaban J connectivity index is 1.33. The van der Waals surface area contributed by atoms with E-state index in [2.05, 4.69) is 15.8 Å². The zero-order valence-corrected chi connectivity index (χ0v) is 14.3. The molecule has 2 aromatic rings. The Bertz CT molecular complexity index is 756. The predicted molar refractivity (Wildman–Crippen MR) is 93.8 cm³/mol. The second-order valence-electron chi connectivity index (χ2n) is 7.61. The number of amides is 1. The summed E-state index contributed by atoms with van der Waals surface area (Å²) in [6.07, 6.45) is 5.57. The minimum atomic E-state index is -0.0742. The highest BCUT2D eigenvalue weighted by Gasteiger charge is 2.44. The monoisotopic (exact) mass is 340 g/mol. The highest BCUT2D eigenvalue weighted by molar-refractivity contribution is 5.83. The summed E-state index contributed by atoms with van der Waals surface area (Å²) < 4.78 is 5.95. The Morgan fingerprint density at radius 2 is 2.08 bits per heavy atom. The average molecular weight is 340 g/mol. The predicted octanol–water partition coefficient (Wildman–Crippen LogP) is 2.18. The van der Waals surface area contributed by atoms with Gasteiger partial charge in [0, 0.05) is 25.0 Å². The van der Waals surface area contributed by atoms with Crippen LogP contribution >= 0.6 is 0 Å². The molecule has 3 heterocycles. The lowest BCUT2D eigenvalue weighted by Gasteiger charge is -2.34. The van der Waals surface area contributed by atoms with Gasteiger partial charge in [-0.15, -0.1) is 0 Å². The Kier molecular flexibility index (Phi) is 3.75. The molecule has 4 unspecified atom stereocenters. The van der Waals surface area contributed by atoms with Gasteiger partial charge in [-0.2, -0.15) is 0 Å². The minimum absolute atomic E-state index is 0.0742. The normalized spacial score (nSPS) is 32.2. The lowest BCUT2D eigenvalue weighted by Crippen LogP contribution is -2.50. The van der Waals surface area contributed by atoms with Crippen LogP contribution in [0.2, 0.25) is 0 Å². The fraction of sp³-hybridized carbons (Fsp3) is 0.579. The third-order valence-electron chi connectivity index (χ3n) is 6.08. The van der Waals surface area contributed by atoms with Gasteiger partial charge >= 0.3 is 0 Å². The molecule has 1 aromatic carbocycles. The summed E-state index contributed by atoms with van der Waals surface area (Å²) in [4.78, 5) is 19.7. The number of fused-ring (bicyclic) bond motifs is 2. The number of oxazole rings is 1. The van der Waals surface area contributed by atoms with E-state index >= 15 is 0 Å². The van der Waals surface area contributed by atoms with Crippen molar-refractivity contribution in [1.29, 1.82) is 0 Å². The molecule has 6 heteroatoms. The highest BCUT2D eigenvalue weighted by Crippen LogP contribution is 2.34. The molecule has 2 N–H and O–H groups in total. The molecule has 2 aliphatic heterocycles. The van der Waals surface area contributed by atoms with E-state index < -0.39 is 0 Å². The van der Waals surface area contributed by atoms with Crippen LogP contribution in [0.4, 0.5) is 0 Å². The first-order valence-electron chi connectivity index (χ1n) is 9.45. The average Bonchev–Trinajstić information content (AvgIpc) is 3.36. The van der Waals surface area contributed by atoms with Crippen LogP contribution < -0.4 is 10.9 Å². The van der Waals surface area contributed by atoms with Gasteiger partial charge in [-0.25, -0.2) is 10.4 Å². The van der Waals surface area contributed by atoms with Crippen molar-refractivity contribution < 1.29 is 9.21 Å². The van der Waals surface area contributed by atoms with Crippen LogP contribution in [0.15, 0.2) is 28.7 Å². The van der Waals surface area contributed by atoms with E-state index in [1.807, 2.05) is 29.2 Å². The molecular formula is C19H24N4O2. The number of hydrazine groups is 1. The number of aromatic nitrogens is 1. The highest BCUT2D eigenvalue weighted by atomic mass is 16.3. The number of benzene rings is 1. The number of nitrogens with zero attached hydrogens (tertiary/aromatic N) is 2. The minimum Gasteiger partial charge on any atom is -0.440 e. The largest absolute Gasteiger partial charge is 0.440 e. The van der Waals surface area contributed by atoms with Gasteiger partial charge in [-0.3, -0.25) is 10.2 Å². The second kappa shape index (κ2) is 6.11. The molecule has 0 spiro atoms. The SMILES string of the molecule is O=C(C1NNC2CCCC21)N1CCCC(c2nc3ccccc3o2)C1. The van der Waals surface area contributed by atoms with Crippen molar-refractivity contribution >= 4 is 17.0 Å². The molecule has 5 rings (SSSR count). The summed E-state index contributed by atoms with van der Waals surface area (Å²) in [5, 5.41) is 0. The number of carbonyl (C=O) groups is 1. The number of rotatable bonds is 2. The summed E-state index contributed by atoms with van der Waals surface area (Å²) in [7, 11) is 0. The fourth-order valence-electron chi connectivity index (χ4n) is 4.76. The van der Waals surface area contributed by atoms with Crippen LogP contribution in [-0.4, -0.2) is 41.0 Å². The van der Waals surface area contributed by atoms with Gasteiger partial charge in [-0.05, 0) is 37.8 Å². The van der Waals surface area contributed by atoms with Gasteiger partial charge in [0.1, 0.15) is 11.6 Å².